The highest BCUT2D eigenvalue weighted by atomic mass is 79.9. The van der Waals surface area contributed by atoms with E-state index < -0.39 is 20.5 Å². The number of alkyl halides is 2. The molecule has 0 unspecified atom stereocenters. The molecule has 2 aromatic carbocycles. The van der Waals surface area contributed by atoms with Crippen molar-refractivity contribution in [2.24, 2.45) is 11.8 Å². The Bertz CT molecular complexity index is 788. The van der Waals surface area contributed by atoms with E-state index in [1.54, 1.807) is 0 Å². The third-order valence-electron chi connectivity index (χ3n) is 5.42. The highest BCUT2D eigenvalue weighted by molar-refractivity contribution is 9.10. The van der Waals surface area contributed by atoms with E-state index in [4.69, 9.17) is 0 Å². The van der Waals surface area contributed by atoms with Gasteiger partial charge in [0.05, 0.1) is 20.5 Å². The van der Waals surface area contributed by atoms with Crippen LogP contribution in [-0.4, -0.2) is 11.8 Å². The second-order valence-corrected chi connectivity index (χ2v) is 8.83. The minimum absolute atomic E-state index is 0.204. The third-order valence-corrected chi connectivity index (χ3v) is 8.12. The summed E-state index contributed by atoms with van der Waals surface area (Å²) in [6, 6.07) is 16.1. The van der Waals surface area contributed by atoms with Crippen LogP contribution in [0.25, 0.3) is 0 Å². The lowest BCUT2D eigenvalue weighted by Crippen LogP contribution is -2.56. The fraction of sp³-hybridized carbons (Fsp3) is 0.222. The molecule has 114 valence electrons. The predicted octanol–water partition coefficient (Wildman–Crippen LogP) is 3.18. The summed E-state index contributed by atoms with van der Waals surface area (Å²) in [4.78, 5) is 25.2. The summed E-state index contributed by atoms with van der Waals surface area (Å²) in [5.41, 5.74) is 4.23. The van der Waals surface area contributed by atoms with Gasteiger partial charge in [0.15, 0.2) is 0 Å². The lowest BCUT2D eigenvalue weighted by molar-refractivity contribution is -0.126. The minimum atomic E-state index is -0.670. The van der Waals surface area contributed by atoms with Gasteiger partial charge < -0.3 is 0 Å². The maximum absolute atomic E-state index is 12.6. The molecule has 1 heterocycles. The van der Waals surface area contributed by atoms with Crippen molar-refractivity contribution in [3.8, 4) is 0 Å². The van der Waals surface area contributed by atoms with Gasteiger partial charge in [-0.3, -0.25) is 14.9 Å². The van der Waals surface area contributed by atoms with E-state index in [0.29, 0.717) is 0 Å². The van der Waals surface area contributed by atoms with Gasteiger partial charge in [0, 0.05) is 0 Å². The Hall–Kier alpha value is -1.46. The number of benzene rings is 2. The molecule has 2 aromatic rings. The lowest BCUT2D eigenvalue weighted by atomic mass is 9.54. The maximum atomic E-state index is 12.6. The minimum Gasteiger partial charge on any atom is -0.296 e. The third kappa shape index (κ3) is 1.34. The van der Waals surface area contributed by atoms with E-state index in [2.05, 4.69) is 37.2 Å². The van der Waals surface area contributed by atoms with Crippen molar-refractivity contribution in [3.05, 3.63) is 70.8 Å². The van der Waals surface area contributed by atoms with Gasteiger partial charge in [-0.2, -0.15) is 0 Å². The van der Waals surface area contributed by atoms with Crippen LogP contribution in [0, 0.1) is 11.8 Å². The largest absolute Gasteiger partial charge is 0.296 e. The summed E-state index contributed by atoms with van der Waals surface area (Å²) in [5.74, 6) is -1.33. The summed E-state index contributed by atoms with van der Waals surface area (Å²) in [6.45, 7) is 0. The number of halogens is 2. The predicted molar refractivity (Wildman–Crippen MR) is 92.4 cm³/mol. The summed E-state index contributed by atoms with van der Waals surface area (Å²) in [6.07, 6.45) is 0. The van der Waals surface area contributed by atoms with Gasteiger partial charge in [-0.1, -0.05) is 80.4 Å². The molecule has 1 N–H and O–H groups in total. The topological polar surface area (TPSA) is 46.2 Å². The SMILES string of the molecule is O=C1NC(=O)[C@@H]2[C@@H]1C1(Br)c3ccccc3C2(Br)c2ccccc21. The molecule has 6 rings (SSSR count). The highest BCUT2D eigenvalue weighted by Crippen LogP contribution is 2.69. The molecule has 0 radical (unpaired) electrons. The van der Waals surface area contributed by atoms with Crippen molar-refractivity contribution >= 4 is 43.7 Å². The zero-order chi connectivity index (χ0) is 16.0. The number of amides is 2. The molecule has 0 spiro atoms. The van der Waals surface area contributed by atoms with Crippen molar-refractivity contribution < 1.29 is 9.59 Å². The van der Waals surface area contributed by atoms with Crippen LogP contribution in [0.3, 0.4) is 0 Å². The molecular weight excluding hydrogens is 422 g/mol. The molecule has 0 aromatic heterocycles. The smallest absolute Gasteiger partial charge is 0.232 e. The Labute approximate surface area is 149 Å². The second-order valence-electron chi connectivity index (χ2n) is 6.32. The molecule has 2 bridgehead atoms. The van der Waals surface area contributed by atoms with E-state index in [1.807, 2.05) is 48.5 Å². The Morgan fingerprint density at radius 2 is 1.00 bits per heavy atom. The maximum Gasteiger partial charge on any atom is 0.232 e. The summed E-state index contributed by atoms with van der Waals surface area (Å²) >= 11 is 7.79. The van der Waals surface area contributed by atoms with Gasteiger partial charge in [0.2, 0.25) is 11.8 Å². The fourth-order valence-corrected chi connectivity index (χ4v) is 6.92. The van der Waals surface area contributed by atoms with Crippen molar-refractivity contribution in [1.29, 1.82) is 0 Å². The van der Waals surface area contributed by atoms with Crippen LogP contribution >= 0.6 is 31.9 Å². The molecule has 3 aliphatic carbocycles. The highest BCUT2D eigenvalue weighted by Gasteiger charge is 2.70. The number of carbonyl (C=O) groups excluding carboxylic acids is 2. The van der Waals surface area contributed by atoms with Crippen LogP contribution in [0.4, 0.5) is 0 Å². The zero-order valence-corrected chi connectivity index (χ0v) is 15.0. The van der Waals surface area contributed by atoms with E-state index >= 15 is 0 Å². The van der Waals surface area contributed by atoms with Crippen LogP contribution < -0.4 is 5.32 Å². The van der Waals surface area contributed by atoms with Crippen molar-refractivity contribution in [3.63, 3.8) is 0 Å². The van der Waals surface area contributed by atoms with Gasteiger partial charge in [-0.25, -0.2) is 0 Å². The summed E-state index contributed by atoms with van der Waals surface area (Å²) in [7, 11) is 0. The van der Waals surface area contributed by atoms with Gasteiger partial charge in [0.1, 0.15) is 0 Å². The van der Waals surface area contributed by atoms with Crippen molar-refractivity contribution in [2.45, 2.75) is 8.65 Å². The average molecular weight is 433 g/mol. The number of carbonyl (C=O) groups is 2. The number of imide groups is 1. The average Bonchev–Trinajstić information content (AvgIpc) is 2.88. The quantitative estimate of drug-likeness (QED) is 0.513. The van der Waals surface area contributed by atoms with Crippen molar-refractivity contribution in [1.82, 2.24) is 5.32 Å². The number of hydrogen-bond acceptors (Lipinski definition) is 2. The molecule has 23 heavy (non-hydrogen) atoms. The first-order valence-corrected chi connectivity index (χ1v) is 9.01. The molecule has 1 aliphatic heterocycles. The molecule has 0 saturated carbocycles. The Kier molecular flexibility index (Phi) is 2.51. The molecule has 2 atom stereocenters. The molecule has 1 fully saturated rings. The first-order chi connectivity index (χ1) is 11.0. The van der Waals surface area contributed by atoms with Crippen LogP contribution in [0.1, 0.15) is 22.3 Å². The molecule has 3 nitrogen and oxygen atoms in total. The molecule has 2 amide bonds. The molecule has 5 heteroatoms. The fourth-order valence-electron chi connectivity index (χ4n) is 4.60. The van der Waals surface area contributed by atoms with E-state index in [0.717, 1.165) is 22.3 Å². The van der Waals surface area contributed by atoms with E-state index in [9.17, 15) is 9.59 Å². The van der Waals surface area contributed by atoms with Crippen LogP contribution in [0.15, 0.2) is 48.5 Å². The Morgan fingerprint density at radius 3 is 1.30 bits per heavy atom. The van der Waals surface area contributed by atoms with Gasteiger partial charge in [0.25, 0.3) is 0 Å². The Balaban J connectivity index is 1.99. The van der Waals surface area contributed by atoms with Crippen LogP contribution in [-0.2, 0) is 18.2 Å². The lowest BCUT2D eigenvalue weighted by Gasteiger charge is -2.55. The van der Waals surface area contributed by atoms with Gasteiger partial charge in [-0.05, 0) is 22.3 Å². The molecular formula is C18H11Br2NO2. The normalized spacial score (nSPS) is 36.3. The first-order valence-electron chi connectivity index (χ1n) is 7.43. The Morgan fingerprint density at radius 1 is 0.696 bits per heavy atom. The molecule has 1 saturated heterocycles. The number of nitrogens with one attached hydrogen (secondary N) is 1. The number of rotatable bonds is 0. The van der Waals surface area contributed by atoms with E-state index in [-0.39, 0.29) is 11.8 Å². The summed E-state index contributed by atoms with van der Waals surface area (Å²) < 4.78 is -1.34. The standard InChI is InChI=1S/C18H11Br2NO2/c19-17-9-5-1-2-6-10(9)18(20,12-8-4-3-7-11(12)17)14-13(17)15(22)21-16(14)23/h1-8,13-14H,(H,21,22,23)/t13-,14-,17?,18?/m0/s1. The van der Waals surface area contributed by atoms with Crippen LogP contribution in [0.5, 0.6) is 0 Å². The number of hydrogen-bond donors (Lipinski definition) is 1. The van der Waals surface area contributed by atoms with Gasteiger partial charge in [-0.15, -0.1) is 0 Å². The first kappa shape index (κ1) is 13.9. The summed E-state index contributed by atoms with van der Waals surface area (Å²) in [5, 5.41) is 2.54. The second kappa shape index (κ2) is 4.14. The molecule has 4 aliphatic rings. The van der Waals surface area contributed by atoms with E-state index in [1.165, 1.54) is 0 Å². The van der Waals surface area contributed by atoms with Crippen molar-refractivity contribution in [2.75, 3.05) is 0 Å². The van der Waals surface area contributed by atoms with Crippen LogP contribution in [0.2, 0.25) is 0 Å². The zero-order valence-electron chi connectivity index (χ0n) is 11.8. The van der Waals surface area contributed by atoms with Gasteiger partial charge >= 0.3 is 0 Å². The monoisotopic (exact) mass is 431 g/mol.